The zero-order valence-electron chi connectivity index (χ0n) is 29.1. The molecular formula is C33H42O18. The lowest BCUT2D eigenvalue weighted by Gasteiger charge is -2.47. The van der Waals surface area contributed by atoms with Crippen molar-refractivity contribution >= 4 is 35.8 Å². The van der Waals surface area contributed by atoms with Gasteiger partial charge in [-0.25, -0.2) is 4.79 Å². The Hall–Kier alpha value is -4.20. The maximum Gasteiger partial charge on any atom is 0.366 e. The van der Waals surface area contributed by atoms with Gasteiger partial charge < -0.3 is 56.8 Å². The summed E-state index contributed by atoms with van der Waals surface area (Å²) in [5, 5.41) is 0. The quantitative estimate of drug-likeness (QED) is 0.201. The van der Waals surface area contributed by atoms with Crippen LogP contribution in [0.4, 0.5) is 0 Å². The average Bonchev–Trinajstić information content (AvgIpc) is 3.40. The maximum atomic E-state index is 12.7. The van der Waals surface area contributed by atoms with Crippen molar-refractivity contribution in [3.63, 3.8) is 0 Å². The van der Waals surface area contributed by atoms with Crippen LogP contribution in [-0.2, 0) is 92.2 Å². The zero-order chi connectivity index (χ0) is 37.5. The second kappa shape index (κ2) is 17.3. The third-order valence-electron chi connectivity index (χ3n) is 7.78. The van der Waals surface area contributed by atoms with Gasteiger partial charge in [0, 0.05) is 41.5 Å². The number of methoxy groups -OCH3 is 1. The topological polar surface area (TPSA) is 213 Å². The lowest BCUT2D eigenvalue weighted by molar-refractivity contribution is -0.348. The third-order valence-corrected chi connectivity index (χ3v) is 7.78. The number of carbonyl (C=O) groups excluding carboxylic acids is 6. The van der Waals surface area contributed by atoms with Gasteiger partial charge in [-0.3, -0.25) is 24.0 Å². The third kappa shape index (κ3) is 10.2. The first-order valence-electron chi connectivity index (χ1n) is 16.0. The fourth-order valence-electron chi connectivity index (χ4n) is 5.83. The Balaban J connectivity index is 1.76. The van der Waals surface area contributed by atoms with E-state index in [-0.39, 0.29) is 13.2 Å². The summed E-state index contributed by atoms with van der Waals surface area (Å²) in [6, 6.07) is 9.15. The van der Waals surface area contributed by atoms with Crippen LogP contribution in [0.3, 0.4) is 0 Å². The first kappa shape index (κ1) is 39.6. The second-order valence-electron chi connectivity index (χ2n) is 11.9. The molecule has 0 spiro atoms. The number of carbonyl (C=O) groups is 6. The molecule has 3 aliphatic rings. The molecule has 3 heterocycles. The monoisotopic (exact) mass is 726 g/mol. The molecule has 3 aliphatic heterocycles. The van der Waals surface area contributed by atoms with Gasteiger partial charge in [-0.15, -0.1) is 0 Å². The van der Waals surface area contributed by atoms with E-state index in [0.29, 0.717) is 0 Å². The number of fused-ring (bicyclic) bond motifs is 1. The van der Waals surface area contributed by atoms with E-state index in [1.807, 2.05) is 30.3 Å². The minimum absolute atomic E-state index is 0.121. The summed E-state index contributed by atoms with van der Waals surface area (Å²) in [5.41, 5.74) is 0.818. The van der Waals surface area contributed by atoms with Gasteiger partial charge in [0.2, 0.25) is 0 Å². The SMILES string of the molecule is COC(=O)C1(C)OC2C(OC(C)=O)[C@H](O[C@@H]3OC(COC(C)=O)[C@H](OC(C)=O)[C@H](OC(C)=O)C3OC(C)=O)[C@H](COCc3ccccc3)O[C@@H]2O1. The number of benzene rings is 1. The van der Waals surface area contributed by atoms with Crippen molar-refractivity contribution in [1.82, 2.24) is 0 Å². The van der Waals surface area contributed by atoms with Gasteiger partial charge in [0.15, 0.2) is 43.1 Å². The largest absolute Gasteiger partial charge is 0.465 e. The molecular weight excluding hydrogens is 684 g/mol. The molecule has 0 saturated carbocycles. The molecule has 1 aromatic rings. The number of hydrogen-bond donors (Lipinski definition) is 0. The lowest BCUT2D eigenvalue weighted by atomic mass is 9.96. The number of ether oxygens (including phenoxy) is 12. The maximum absolute atomic E-state index is 12.7. The van der Waals surface area contributed by atoms with Crippen LogP contribution >= 0.6 is 0 Å². The molecule has 4 rings (SSSR count). The van der Waals surface area contributed by atoms with Gasteiger partial charge >= 0.3 is 35.8 Å². The highest BCUT2D eigenvalue weighted by Crippen LogP contribution is 2.41. The molecule has 0 radical (unpaired) electrons. The summed E-state index contributed by atoms with van der Waals surface area (Å²) >= 11 is 0. The molecule has 11 atom stereocenters. The first-order valence-corrected chi connectivity index (χ1v) is 16.0. The van der Waals surface area contributed by atoms with Crippen molar-refractivity contribution in [3.8, 4) is 0 Å². The Labute approximate surface area is 293 Å². The van der Waals surface area contributed by atoms with Crippen molar-refractivity contribution in [2.24, 2.45) is 0 Å². The van der Waals surface area contributed by atoms with Gasteiger partial charge in [-0.1, -0.05) is 30.3 Å². The van der Waals surface area contributed by atoms with Crippen molar-refractivity contribution < 1.29 is 85.6 Å². The van der Waals surface area contributed by atoms with Gasteiger partial charge in [0.1, 0.15) is 24.9 Å². The first-order chi connectivity index (χ1) is 24.1. The summed E-state index contributed by atoms with van der Waals surface area (Å²) in [5.74, 6) is -6.93. The van der Waals surface area contributed by atoms with Crippen LogP contribution in [-0.4, -0.2) is 123 Å². The van der Waals surface area contributed by atoms with E-state index in [9.17, 15) is 28.8 Å². The molecule has 0 amide bonds. The van der Waals surface area contributed by atoms with E-state index in [2.05, 4.69) is 0 Å². The highest BCUT2D eigenvalue weighted by atomic mass is 16.9. The molecule has 18 nitrogen and oxygen atoms in total. The molecule has 3 fully saturated rings. The Morgan fingerprint density at radius 1 is 0.667 bits per heavy atom. The Kier molecular flexibility index (Phi) is 13.5. The molecule has 18 heteroatoms. The second-order valence-corrected chi connectivity index (χ2v) is 11.9. The smallest absolute Gasteiger partial charge is 0.366 e. The number of rotatable bonds is 13. The Morgan fingerprint density at radius 2 is 1.24 bits per heavy atom. The zero-order valence-corrected chi connectivity index (χ0v) is 29.1. The van der Waals surface area contributed by atoms with Gasteiger partial charge in [-0.2, -0.15) is 0 Å². The van der Waals surface area contributed by atoms with Crippen LogP contribution in [0.2, 0.25) is 0 Å². The fraction of sp³-hybridized carbons (Fsp3) is 0.636. The summed E-state index contributed by atoms with van der Waals surface area (Å²) in [4.78, 5) is 73.9. The van der Waals surface area contributed by atoms with E-state index < -0.39 is 110 Å². The van der Waals surface area contributed by atoms with E-state index in [4.69, 9.17) is 56.8 Å². The van der Waals surface area contributed by atoms with Crippen LogP contribution in [0.15, 0.2) is 30.3 Å². The van der Waals surface area contributed by atoms with Crippen molar-refractivity contribution in [3.05, 3.63) is 35.9 Å². The van der Waals surface area contributed by atoms with E-state index >= 15 is 0 Å². The Bertz CT molecular complexity index is 1420. The van der Waals surface area contributed by atoms with Crippen LogP contribution in [0.25, 0.3) is 0 Å². The van der Waals surface area contributed by atoms with E-state index in [1.165, 1.54) is 6.92 Å². The van der Waals surface area contributed by atoms with Crippen molar-refractivity contribution in [2.75, 3.05) is 20.3 Å². The highest BCUT2D eigenvalue weighted by Gasteiger charge is 2.62. The summed E-state index contributed by atoms with van der Waals surface area (Å²) in [6.07, 6.45) is -14.2. The van der Waals surface area contributed by atoms with Crippen LogP contribution in [0.5, 0.6) is 0 Å². The molecule has 0 aliphatic carbocycles. The highest BCUT2D eigenvalue weighted by molar-refractivity contribution is 5.77. The van der Waals surface area contributed by atoms with Crippen LogP contribution < -0.4 is 0 Å². The van der Waals surface area contributed by atoms with Gasteiger partial charge in [-0.05, 0) is 5.56 Å². The van der Waals surface area contributed by atoms with Gasteiger partial charge in [0.25, 0.3) is 5.79 Å². The molecule has 51 heavy (non-hydrogen) atoms. The molecule has 282 valence electrons. The molecule has 1 aromatic carbocycles. The predicted molar refractivity (Wildman–Crippen MR) is 164 cm³/mol. The van der Waals surface area contributed by atoms with E-state index in [0.717, 1.165) is 47.3 Å². The van der Waals surface area contributed by atoms with Crippen molar-refractivity contribution in [2.45, 2.75) is 115 Å². The number of esters is 6. The van der Waals surface area contributed by atoms with Crippen LogP contribution in [0.1, 0.15) is 47.1 Å². The summed E-state index contributed by atoms with van der Waals surface area (Å²) in [6.45, 7) is 6.17. The van der Waals surface area contributed by atoms with Crippen LogP contribution in [0, 0.1) is 0 Å². The van der Waals surface area contributed by atoms with E-state index in [1.54, 1.807) is 0 Å². The van der Waals surface area contributed by atoms with Crippen molar-refractivity contribution in [1.29, 1.82) is 0 Å². The van der Waals surface area contributed by atoms with Gasteiger partial charge in [0.05, 0.1) is 20.3 Å². The summed E-state index contributed by atoms with van der Waals surface area (Å²) < 4.78 is 68.7. The molecule has 0 bridgehead atoms. The lowest BCUT2D eigenvalue weighted by Crippen LogP contribution is -2.66. The minimum Gasteiger partial charge on any atom is -0.465 e. The molecule has 3 saturated heterocycles. The minimum atomic E-state index is -1.98. The standard InChI is InChI=1S/C33H42O18/c1-16(34)42-15-23-24(43-17(2)35)26(44-18(3)36)28(46-20(5)38)30(47-23)49-25-22(14-41-13-21-11-9-8-10-12-21)48-31-29(27(25)45-19(4)37)50-33(6,51-31)32(39)40-7/h8-12,22-31H,13-15H2,1-7H3/t22-,23?,24-,25+,26-,27?,28?,29?,30-,31+,33?/m0/s1. The molecule has 0 N–H and O–H groups in total. The fourth-order valence-corrected chi connectivity index (χ4v) is 5.83. The normalized spacial score (nSPS) is 32.8. The molecule has 0 aromatic heterocycles. The predicted octanol–water partition coefficient (Wildman–Crippen LogP) is 0.633. The summed E-state index contributed by atoms with van der Waals surface area (Å²) in [7, 11) is 1.13. The number of hydrogen-bond acceptors (Lipinski definition) is 18. The Morgan fingerprint density at radius 3 is 1.82 bits per heavy atom. The molecule has 5 unspecified atom stereocenters. The average molecular weight is 727 g/mol.